The van der Waals surface area contributed by atoms with Crippen molar-refractivity contribution in [3.05, 3.63) is 0 Å². The molecule has 1 nitrogen and oxygen atoms in total. The summed E-state index contributed by atoms with van der Waals surface area (Å²) in [5.74, 6) is 0. The molecule has 0 bridgehead atoms. The first-order valence-corrected chi connectivity index (χ1v) is 20.2. The second kappa shape index (κ2) is 16.8. The molecule has 9 aromatic rings. The predicted molar refractivity (Wildman–Crippen MR) is 323 cm³/mol. The van der Waals surface area contributed by atoms with Crippen LogP contribution >= 0.6 is 0 Å². The summed E-state index contributed by atoms with van der Waals surface area (Å²) in [6.07, 6.45) is 0. The Kier molecular flexibility index (Phi) is 12.2. The van der Waals surface area contributed by atoms with E-state index >= 15 is 0 Å². The fourth-order valence-corrected chi connectivity index (χ4v) is 9.65. The van der Waals surface area contributed by atoms with E-state index in [1.54, 1.807) is 0 Å². The normalized spacial score (nSPS) is 11.8. The van der Waals surface area contributed by atoms with Gasteiger partial charge in [-0.1, -0.05) is 87.4 Å². The van der Waals surface area contributed by atoms with E-state index in [2.05, 4.69) is 0 Å². The smallest absolute Gasteiger partial charge is 0.141 e. The Hall–Kier alpha value is -3.97. The highest BCUT2D eigenvalue weighted by molar-refractivity contribution is 6.77. The van der Waals surface area contributed by atoms with Crippen molar-refractivity contribution in [3.8, 4) is 33.4 Å². The van der Waals surface area contributed by atoms with Crippen molar-refractivity contribution in [2.24, 2.45) is 0 Å². The zero-order valence-electron chi connectivity index (χ0n) is 36.4. The maximum atomic E-state index is 7.32. The molecule has 1 aromatic heterocycles. The first kappa shape index (κ1) is 50.0. The summed E-state index contributed by atoms with van der Waals surface area (Å²) in [5, 5.41) is 0.442. The Morgan fingerprint density at radius 1 is 0.130 bits per heavy atom. The molecule has 0 saturated carbocycles. The van der Waals surface area contributed by atoms with Crippen LogP contribution in [0.2, 0.25) is 0 Å². The van der Waals surface area contributed by atoms with Crippen molar-refractivity contribution in [3.63, 3.8) is 0 Å². The lowest BCUT2D eigenvalue weighted by atomic mass is 9.55. The summed E-state index contributed by atoms with van der Waals surface area (Å²) < 4.78 is 6.45. The number of hydrogen-bond donors (Lipinski definition) is 0. The van der Waals surface area contributed by atoms with Crippen LogP contribution in [-0.4, -0.2) is 204 Å². The number of benzene rings is 8. The van der Waals surface area contributed by atoms with Gasteiger partial charge in [0.05, 0.1) is 0 Å². The van der Waals surface area contributed by atoms with Gasteiger partial charge >= 0.3 is 0 Å². The van der Waals surface area contributed by atoms with Gasteiger partial charge in [-0.15, -0.1) is 54.6 Å². The van der Waals surface area contributed by atoms with Crippen molar-refractivity contribution in [1.29, 1.82) is 0 Å². The van der Waals surface area contributed by atoms with Gasteiger partial charge in [-0.05, 0) is 60.3 Å². The van der Waals surface area contributed by atoms with Crippen LogP contribution in [0, 0.1) is 0 Å². The average Bonchev–Trinajstić information content (AvgIpc) is 3.73. The number of fused-ring (bicyclic) bond motifs is 7. The molecule has 0 atom stereocenters. The van der Waals surface area contributed by atoms with E-state index in [0.29, 0.717) is 0 Å². The van der Waals surface area contributed by atoms with Crippen molar-refractivity contribution in [2.75, 3.05) is 0 Å². The number of rotatable bonds is 3. The van der Waals surface area contributed by atoms with Gasteiger partial charge in [0, 0.05) is 16.2 Å². The van der Waals surface area contributed by atoms with Crippen molar-refractivity contribution < 1.29 is 4.42 Å². The molecule has 0 aliphatic carbocycles. The molecule has 0 saturated heterocycles. The van der Waals surface area contributed by atoms with Gasteiger partial charge in [0.25, 0.3) is 0 Å². The Labute approximate surface area is 435 Å². The van der Waals surface area contributed by atoms with Gasteiger partial charge < -0.3 is 4.42 Å². The maximum absolute atomic E-state index is 7.32. The molecule has 8 aromatic carbocycles. The van der Waals surface area contributed by atoms with E-state index in [-0.39, 0.29) is 230 Å². The lowest BCUT2D eigenvalue weighted by molar-refractivity contribution is 0.676. The number of hydrogen-bond acceptors (Lipinski definition) is 1. The molecule has 0 aliphatic rings. The molecule has 0 amide bonds. The van der Waals surface area contributed by atoms with Crippen LogP contribution < -0.4 is 142 Å². The minimum Gasteiger partial charge on any atom is -0.456 e. The monoisotopic (exact) mass is 806 g/mol. The van der Waals surface area contributed by atoms with Crippen LogP contribution in [0.1, 0.15) is 0 Å². The van der Waals surface area contributed by atoms with Crippen LogP contribution in [0.15, 0.2) is 4.42 Å². The molecular formula is C42B26O. The second-order valence-corrected chi connectivity index (χ2v) is 16.8. The third-order valence-corrected chi connectivity index (χ3v) is 13.4. The molecule has 0 fully saturated rings. The third kappa shape index (κ3) is 6.41. The molecule has 1 heterocycles. The first-order valence-electron chi connectivity index (χ1n) is 20.2. The first-order chi connectivity index (χ1) is 32.2. The topological polar surface area (TPSA) is 13.1 Å². The molecule has 0 spiro atoms. The molecule has 0 aliphatic heterocycles. The Morgan fingerprint density at radius 2 is 0.333 bits per heavy atom. The van der Waals surface area contributed by atoms with E-state index in [4.69, 9.17) is 208 Å². The van der Waals surface area contributed by atoms with Crippen molar-refractivity contribution >= 4 is 400 Å². The van der Waals surface area contributed by atoms with Gasteiger partial charge in [0.2, 0.25) is 0 Å². The molecule has 27 heteroatoms. The van der Waals surface area contributed by atoms with Crippen LogP contribution in [0.3, 0.4) is 0 Å². The highest BCUT2D eigenvalue weighted by atomic mass is 16.3. The highest BCUT2D eigenvalue weighted by Crippen LogP contribution is 2.40. The SMILES string of the molecule is [B]c1c([B])c([B])c(-c2c([B])c([B])c([B])c(-c3c4c([B])c([B])c([B])c([B])c4c(-c4c([B])c([B])c5oc6c7c([B])c([B])c([B])c([B])c7c([B])c([B])c6c5c4[B])c4c([B])c([B])c([B])c([B])c34)c2[B])c([B])c1[B]. The van der Waals surface area contributed by atoms with Crippen LogP contribution in [0.4, 0.5) is 0 Å². The molecule has 9 rings (SSSR count). The highest BCUT2D eigenvalue weighted by Gasteiger charge is 2.31. The van der Waals surface area contributed by atoms with Crippen LogP contribution in [0.25, 0.3) is 87.6 Å². The summed E-state index contributed by atoms with van der Waals surface area (Å²) >= 11 is 0. The number of furan rings is 1. The summed E-state index contributed by atoms with van der Waals surface area (Å²) in [6.45, 7) is 0. The average molecular weight is 802 g/mol. The van der Waals surface area contributed by atoms with E-state index in [0.717, 1.165) is 0 Å². The molecule has 252 valence electrons. The minimum atomic E-state index is -0.230. The molecule has 52 radical (unpaired) electrons. The second-order valence-electron chi connectivity index (χ2n) is 16.8. The van der Waals surface area contributed by atoms with Crippen LogP contribution in [0.5, 0.6) is 0 Å². The van der Waals surface area contributed by atoms with Gasteiger partial charge in [-0.25, -0.2) is 0 Å². The molecular weight excluding hydrogens is 802 g/mol. The third-order valence-electron chi connectivity index (χ3n) is 13.4. The summed E-state index contributed by atoms with van der Waals surface area (Å²) in [7, 11) is 175. The fourth-order valence-electron chi connectivity index (χ4n) is 9.65. The van der Waals surface area contributed by atoms with Crippen LogP contribution in [-0.2, 0) is 0 Å². The fraction of sp³-hybridized carbons (Fsp3) is 0. The predicted octanol–water partition coefficient (Wildman–Crippen LogP) is -19.3. The van der Waals surface area contributed by atoms with Gasteiger partial charge in [-0.2, -0.15) is 0 Å². The van der Waals surface area contributed by atoms with Gasteiger partial charge in [0.1, 0.15) is 215 Å². The van der Waals surface area contributed by atoms with E-state index in [1.165, 1.54) is 0 Å². The van der Waals surface area contributed by atoms with Gasteiger partial charge in [-0.3, -0.25) is 0 Å². The summed E-state index contributed by atoms with van der Waals surface area (Å²) in [5.41, 5.74) is -4.20. The maximum Gasteiger partial charge on any atom is 0.141 e. The molecule has 69 heavy (non-hydrogen) atoms. The van der Waals surface area contributed by atoms with E-state index in [1.807, 2.05) is 0 Å². The lowest BCUT2D eigenvalue weighted by Gasteiger charge is -2.33. The largest absolute Gasteiger partial charge is 0.456 e. The Morgan fingerprint density at radius 3 is 0.725 bits per heavy atom. The zero-order valence-corrected chi connectivity index (χ0v) is 36.4. The van der Waals surface area contributed by atoms with Crippen molar-refractivity contribution in [2.45, 2.75) is 0 Å². The molecule has 0 N–H and O–H groups in total. The van der Waals surface area contributed by atoms with E-state index in [9.17, 15) is 0 Å². The Balaban J connectivity index is 1.60. The minimum absolute atomic E-state index is 0.00466. The quantitative estimate of drug-likeness (QED) is 0.128. The van der Waals surface area contributed by atoms with E-state index < -0.39 is 0 Å². The Bertz CT molecular complexity index is 3860. The standard InChI is InChI=1S/C42B26O/c43-15-7(22(50)30(58)23(51)9(15)10-24(52)36(64)39(67)37(65)25(10)53)1-3-5(19(47)33(61)31(59)17(3)45)2(6-4(1)18(46)32(60)34(62)20(6)48)8-16(44)13-14-28(56)21(49)11-12(29(57)38(66)35(63)26(11)54)41(14)69-42(13)40(68)27(8)55. The van der Waals surface area contributed by atoms with Crippen molar-refractivity contribution in [1.82, 2.24) is 0 Å². The zero-order chi connectivity index (χ0) is 51.0. The summed E-state index contributed by atoms with van der Waals surface area (Å²) in [4.78, 5) is 0. The van der Waals surface area contributed by atoms with Gasteiger partial charge in [0.15, 0.2) is 0 Å². The lowest BCUT2D eigenvalue weighted by Crippen LogP contribution is -2.57. The summed E-state index contributed by atoms with van der Waals surface area (Å²) in [6, 6.07) is 0. The molecule has 0 unspecified atom stereocenters.